The summed E-state index contributed by atoms with van der Waals surface area (Å²) in [6, 6.07) is 11.0. The maximum absolute atomic E-state index is 13.0. The molecule has 0 radical (unpaired) electrons. The Morgan fingerprint density at radius 1 is 1.10 bits per heavy atom. The highest BCUT2D eigenvalue weighted by molar-refractivity contribution is 9.10. The number of amides is 4. The molecule has 1 saturated heterocycles. The van der Waals surface area contributed by atoms with Crippen LogP contribution in [0.25, 0.3) is 11.3 Å². The van der Waals surface area contributed by atoms with Gasteiger partial charge in [0.15, 0.2) is 0 Å². The van der Waals surface area contributed by atoms with Gasteiger partial charge in [-0.3, -0.25) is 14.5 Å². The topological polar surface area (TPSA) is 82.9 Å². The zero-order valence-electron chi connectivity index (χ0n) is 17.5. The number of likely N-dealkylation sites (N-methyl/N-ethyl adjacent to an activating group) is 1. The molecule has 1 N–H and O–H groups in total. The summed E-state index contributed by atoms with van der Waals surface area (Å²) in [6.45, 7) is -0.00660. The molecule has 1 aliphatic carbocycles. The number of imide groups is 1. The number of benzene rings is 1. The molecule has 0 bridgehead atoms. The van der Waals surface area contributed by atoms with Crippen LogP contribution in [0.4, 0.5) is 4.79 Å². The first-order chi connectivity index (χ1) is 14.9. The number of carbonyl (C=O) groups is 3. The molecule has 164 valence electrons. The Hall–Kier alpha value is -2.61. The molecule has 1 saturated carbocycles. The molecule has 2 fully saturated rings. The highest BCUT2D eigenvalue weighted by atomic mass is 79.9. The second-order valence-corrected chi connectivity index (χ2v) is 9.26. The number of rotatable bonds is 5. The second kappa shape index (κ2) is 8.86. The van der Waals surface area contributed by atoms with Crippen molar-refractivity contribution in [3.05, 3.63) is 46.6 Å². The van der Waals surface area contributed by atoms with Gasteiger partial charge in [-0.15, -0.1) is 0 Å². The van der Waals surface area contributed by atoms with Crippen LogP contribution < -0.4 is 5.32 Å². The Morgan fingerprint density at radius 2 is 1.77 bits per heavy atom. The number of carbonyl (C=O) groups excluding carboxylic acids is 3. The van der Waals surface area contributed by atoms with Crippen molar-refractivity contribution in [3.8, 4) is 11.3 Å². The smallest absolute Gasteiger partial charge is 0.325 e. The summed E-state index contributed by atoms with van der Waals surface area (Å²) in [5.74, 6) is 0.770. The Morgan fingerprint density at radius 3 is 2.45 bits per heavy atom. The highest BCUT2D eigenvalue weighted by Gasteiger charge is 2.51. The first-order valence-corrected chi connectivity index (χ1v) is 11.4. The third kappa shape index (κ3) is 4.54. The fraction of sp³-hybridized carbons (Fsp3) is 0.435. The van der Waals surface area contributed by atoms with E-state index in [0.717, 1.165) is 40.6 Å². The van der Waals surface area contributed by atoms with Crippen LogP contribution >= 0.6 is 15.9 Å². The van der Waals surface area contributed by atoms with Crippen molar-refractivity contribution in [1.29, 1.82) is 0 Å². The van der Waals surface area contributed by atoms with Crippen LogP contribution in [0.5, 0.6) is 0 Å². The third-order valence-electron chi connectivity index (χ3n) is 6.11. The number of halogens is 1. The van der Waals surface area contributed by atoms with E-state index in [2.05, 4.69) is 21.2 Å². The summed E-state index contributed by atoms with van der Waals surface area (Å²) < 4.78 is 6.86. The van der Waals surface area contributed by atoms with Gasteiger partial charge in [-0.1, -0.05) is 53.7 Å². The summed E-state index contributed by atoms with van der Waals surface area (Å²) in [4.78, 5) is 40.8. The van der Waals surface area contributed by atoms with Crippen LogP contribution in [0, 0.1) is 0 Å². The molecule has 7 nitrogen and oxygen atoms in total. The van der Waals surface area contributed by atoms with Crippen LogP contribution in [0.3, 0.4) is 0 Å². The zero-order chi connectivity index (χ0) is 22.0. The van der Waals surface area contributed by atoms with Crippen LogP contribution in [0.2, 0.25) is 0 Å². The molecule has 2 aromatic rings. The molecular formula is C23H26BrN3O4. The molecule has 1 aliphatic heterocycles. The van der Waals surface area contributed by atoms with Crippen molar-refractivity contribution in [2.45, 2.75) is 50.6 Å². The number of nitrogens with one attached hydrogen (secondary N) is 1. The SMILES string of the molecule is CN(Cc1ccc(-c2ccc(Br)cc2)o1)C(=O)CN1C(=O)NC2(CCCCCC2)C1=O. The van der Waals surface area contributed by atoms with Gasteiger partial charge in [0.25, 0.3) is 5.91 Å². The number of urea groups is 1. The molecule has 0 atom stereocenters. The largest absolute Gasteiger partial charge is 0.459 e. The standard InChI is InChI=1S/C23H26BrN3O4/c1-26(14-18-10-11-19(31-18)16-6-8-17(24)9-7-16)20(28)15-27-21(29)23(25-22(27)30)12-4-2-3-5-13-23/h6-11H,2-5,12-15H2,1H3,(H,25,30). The molecule has 4 amide bonds. The molecular weight excluding hydrogens is 462 g/mol. The van der Waals surface area contributed by atoms with Gasteiger partial charge in [-0.05, 0) is 37.1 Å². The molecule has 1 spiro atoms. The normalized spacial score (nSPS) is 18.2. The molecule has 1 aromatic heterocycles. The van der Waals surface area contributed by atoms with Crippen molar-refractivity contribution in [3.63, 3.8) is 0 Å². The van der Waals surface area contributed by atoms with Crippen molar-refractivity contribution in [2.24, 2.45) is 0 Å². The molecule has 0 unspecified atom stereocenters. The molecule has 2 heterocycles. The molecule has 8 heteroatoms. The van der Waals surface area contributed by atoms with Crippen LogP contribution in [0.15, 0.2) is 45.3 Å². The van der Waals surface area contributed by atoms with Gasteiger partial charge in [-0.25, -0.2) is 4.79 Å². The first-order valence-electron chi connectivity index (χ1n) is 10.6. The summed E-state index contributed by atoms with van der Waals surface area (Å²) in [5, 5.41) is 2.87. The Labute approximate surface area is 189 Å². The maximum atomic E-state index is 13.0. The molecule has 2 aliphatic rings. The lowest BCUT2D eigenvalue weighted by Crippen LogP contribution is -2.47. The third-order valence-corrected chi connectivity index (χ3v) is 6.63. The van der Waals surface area contributed by atoms with Gasteiger partial charge in [0, 0.05) is 17.1 Å². The van der Waals surface area contributed by atoms with Crippen LogP contribution in [-0.2, 0) is 16.1 Å². The Bertz CT molecular complexity index is 977. The molecule has 31 heavy (non-hydrogen) atoms. The van der Waals surface area contributed by atoms with Gasteiger partial charge in [0.1, 0.15) is 23.6 Å². The average Bonchev–Trinajstić information content (AvgIpc) is 3.19. The number of furan rings is 1. The van der Waals surface area contributed by atoms with E-state index >= 15 is 0 Å². The van der Waals surface area contributed by atoms with E-state index in [9.17, 15) is 14.4 Å². The monoisotopic (exact) mass is 487 g/mol. The van der Waals surface area contributed by atoms with E-state index in [1.165, 1.54) is 4.90 Å². The lowest BCUT2D eigenvalue weighted by Gasteiger charge is -2.25. The fourth-order valence-electron chi connectivity index (χ4n) is 4.30. The van der Waals surface area contributed by atoms with Crippen molar-refractivity contribution >= 4 is 33.8 Å². The quantitative estimate of drug-likeness (QED) is 0.636. The minimum atomic E-state index is -0.826. The van der Waals surface area contributed by atoms with Crippen LogP contribution in [-0.4, -0.2) is 46.8 Å². The summed E-state index contributed by atoms with van der Waals surface area (Å²) >= 11 is 3.41. The number of nitrogens with zero attached hydrogens (tertiary/aromatic N) is 2. The van der Waals surface area contributed by atoms with Gasteiger partial charge in [-0.2, -0.15) is 0 Å². The van der Waals surface area contributed by atoms with Crippen LogP contribution in [0.1, 0.15) is 44.3 Å². The minimum Gasteiger partial charge on any atom is -0.459 e. The van der Waals surface area contributed by atoms with Gasteiger partial charge in [0.2, 0.25) is 5.91 Å². The van der Waals surface area contributed by atoms with Crippen molar-refractivity contribution in [1.82, 2.24) is 15.1 Å². The van der Waals surface area contributed by atoms with E-state index in [4.69, 9.17) is 4.42 Å². The fourth-order valence-corrected chi connectivity index (χ4v) is 4.57. The van der Waals surface area contributed by atoms with Gasteiger partial charge >= 0.3 is 6.03 Å². The predicted octanol–water partition coefficient (Wildman–Crippen LogP) is 4.31. The van der Waals surface area contributed by atoms with Gasteiger partial charge in [0.05, 0.1) is 6.54 Å². The predicted molar refractivity (Wildman–Crippen MR) is 119 cm³/mol. The summed E-state index contributed by atoms with van der Waals surface area (Å²) in [7, 11) is 1.64. The second-order valence-electron chi connectivity index (χ2n) is 8.34. The summed E-state index contributed by atoms with van der Waals surface area (Å²) in [6.07, 6.45) is 5.24. The highest BCUT2D eigenvalue weighted by Crippen LogP contribution is 2.32. The minimum absolute atomic E-state index is 0.254. The number of hydrogen-bond donors (Lipinski definition) is 1. The lowest BCUT2D eigenvalue weighted by atomic mass is 9.90. The van der Waals surface area contributed by atoms with E-state index < -0.39 is 11.6 Å². The molecule has 1 aromatic carbocycles. The first kappa shape index (κ1) is 21.6. The van der Waals surface area contributed by atoms with E-state index in [-0.39, 0.29) is 24.9 Å². The van der Waals surface area contributed by atoms with Gasteiger partial charge < -0.3 is 14.6 Å². The van der Waals surface area contributed by atoms with E-state index in [1.54, 1.807) is 7.05 Å². The average molecular weight is 488 g/mol. The Balaban J connectivity index is 1.38. The van der Waals surface area contributed by atoms with Crippen molar-refractivity contribution < 1.29 is 18.8 Å². The van der Waals surface area contributed by atoms with E-state index in [1.807, 2.05) is 36.4 Å². The lowest BCUT2D eigenvalue weighted by molar-refractivity contribution is -0.139. The maximum Gasteiger partial charge on any atom is 0.325 e. The Kier molecular flexibility index (Phi) is 6.18. The zero-order valence-corrected chi connectivity index (χ0v) is 19.1. The van der Waals surface area contributed by atoms with E-state index in [0.29, 0.717) is 24.4 Å². The molecule has 4 rings (SSSR count). The van der Waals surface area contributed by atoms with Crippen molar-refractivity contribution in [2.75, 3.05) is 13.6 Å². The summed E-state index contributed by atoms with van der Waals surface area (Å²) in [5.41, 5.74) is 0.115. The number of hydrogen-bond acceptors (Lipinski definition) is 4.